The zero-order chi connectivity index (χ0) is 12.1. The van der Waals surface area contributed by atoms with Gasteiger partial charge >= 0.3 is 6.09 Å². The van der Waals surface area contributed by atoms with E-state index in [9.17, 15) is 4.79 Å². The van der Waals surface area contributed by atoms with Gasteiger partial charge in [-0.1, -0.05) is 13.8 Å². The van der Waals surface area contributed by atoms with Crippen LogP contribution < -0.4 is 10.1 Å². The van der Waals surface area contributed by atoms with Crippen molar-refractivity contribution in [1.29, 1.82) is 0 Å². The summed E-state index contributed by atoms with van der Waals surface area (Å²) in [5.74, 6) is 0.348. The fraction of sp³-hybridized carbons (Fsp3) is 0.500. The maximum atomic E-state index is 10.6. The van der Waals surface area contributed by atoms with Gasteiger partial charge in [0.15, 0.2) is 5.82 Å². The summed E-state index contributed by atoms with van der Waals surface area (Å²) in [4.78, 5) is 19.0. The zero-order valence-corrected chi connectivity index (χ0v) is 9.57. The van der Waals surface area contributed by atoms with Gasteiger partial charge in [0.05, 0.1) is 18.5 Å². The first kappa shape index (κ1) is 12.2. The van der Waals surface area contributed by atoms with Crippen molar-refractivity contribution in [3.8, 4) is 5.88 Å². The maximum Gasteiger partial charge on any atom is 0.410 e. The molecule has 2 N–H and O–H groups in total. The quantitative estimate of drug-likeness (QED) is 0.814. The standard InChI is InChI=1S/C10H15N3O3/c1-4-6-7(5-2)12-9(16-3)8(11-6)13-10(14)15/h4-5H2,1-3H3,(H,11,13)(H,14,15). The fourth-order valence-electron chi connectivity index (χ4n) is 1.38. The molecule has 0 spiro atoms. The largest absolute Gasteiger partial charge is 0.478 e. The molecule has 0 aliphatic rings. The van der Waals surface area contributed by atoms with E-state index < -0.39 is 6.09 Å². The minimum absolute atomic E-state index is 0.143. The SMILES string of the molecule is CCc1nc(NC(=O)O)c(OC)nc1CC. The van der Waals surface area contributed by atoms with E-state index in [-0.39, 0.29) is 11.7 Å². The second-order valence-corrected chi connectivity index (χ2v) is 3.11. The van der Waals surface area contributed by atoms with Gasteiger partial charge in [-0.2, -0.15) is 0 Å². The molecule has 1 heterocycles. The third-order valence-electron chi connectivity index (χ3n) is 2.11. The topological polar surface area (TPSA) is 84.3 Å². The molecule has 1 amide bonds. The molecular weight excluding hydrogens is 210 g/mol. The van der Waals surface area contributed by atoms with Crippen LogP contribution >= 0.6 is 0 Å². The van der Waals surface area contributed by atoms with E-state index in [0.29, 0.717) is 6.42 Å². The van der Waals surface area contributed by atoms with Crippen LogP contribution in [0.3, 0.4) is 0 Å². The van der Waals surface area contributed by atoms with Crippen LogP contribution in [0, 0.1) is 0 Å². The van der Waals surface area contributed by atoms with Crippen LogP contribution in [0.2, 0.25) is 0 Å². The van der Waals surface area contributed by atoms with Crippen molar-refractivity contribution in [2.45, 2.75) is 26.7 Å². The van der Waals surface area contributed by atoms with E-state index in [1.807, 2.05) is 13.8 Å². The summed E-state index contributed by atoms with van der Waals surface area (Å²) in [6.07, 6.45) is 0.257. The van der Waals surface area contributed by atoms with Crippen molar-refractivity contribution in [2.75, 3.05) is 12.4 Å². The predicted molar refractivity (Wildman–Crippen MR) is 59.0 cm³/mol. The molecule has 0 bridgehead atoms. The molecule has 1 rings (SSSR count). The van der Waals surface area contributed by atoms with Crippen molar-refractivity contribution in [1.82, 2.24) is 9.97 Å². The van der Waals surface area contributed by atoms with Crippen LogP contribution in [0.5, 0.6) is 5.88 Å². The molecule has 0 saturated carbocycles. The molecule has 6 nitrogen and oxygen atoms in total. The Morgan fingerprint density at radius 1 is 1.31 bits per heavy atom. The van der Waals surface area contributed by atoms with Crippen molar-refractivity contribution in [3.63, 3.8) is 0 Å². The summed E-state index contributed by atoms with van der Waals surface area (Å²) >= 11 is 0. The number of aromatic nitrogens is 2. The number of hydrogen-bond donors (Lipinski definition) is 2. The Morgan fingerprint density at radius 2 is 1.88 bits per heavy atom. The number of aryl methyl sites for hydroxylation is 2. The average molecular weight is 225 g/mol. The number of methoxy groups -OCH3 is 1. The van der Waals surface area contributed by atoms with Crippen molar-refractivity contribution < 1.29 is 14.6 Å². The molecule has 1 aromatic heterocycles. The Labute approximate surface area is 93.7 Å². The number of amides is 1. The molecular formula is C10H15N3O3. The monoisotopic (exact) mass is 225 g/mol. The summed E-state index contributed by atoms with van der Waals surface area (Å²) in [5, 5.41) is 10.8. The van der Waals surface area contributed by atoms with Crippen molar-refractivity contribution in [2.24, 2.45) is 0 Å². The smallest absolute Gasteiger partial charge is 0.410 e. The highest BCUT2D eigenvalue weighted by Gasteiger charge is 2.13. The van der Waals surface area contributed by atoms with Crippen molar-refractivity contribution in [3.05, 3.63) is 11.4 Å². The molecule has 0 aromatic carbocycles. The summed E-state index contributed by atoms with van der Waals surface area (Å²) < 4.78 is 4.99. The van der Waals surface area contributed by atoms with Crippen LogP contribution in [0.1, 0.15) is 25.2 Å². The first-order valence-corrected chi connectivity index (χ1v) is 5.06. The number of anilines is 1. The molecule has 0 unspecified atom stereocenters. The lowest BCUT2D eigenvalue weighted by Gasteiger charge is -2.11. The number of carboxylic acid groups (broad SMARTS) is 1. The minimum Gasteiger partial charge on any atom is -0.478 e. The molecule has 0 atom stereocenters. The highest BCUT2D eigenvalue weighted by Crippen LogP contribution is 2.21. The third kappa shape index (κ3) is 2.59. The fourth-order valence-corrected chi connectivity index (χ4v) is 1.38. The van der Waals surface area contributed by atoms with Gasteiger partial charge < -0.3 is 9.84 Å². The first-order chi connectivity index (χ1) is 7.62. The zero-order valence-electron chi connectivity index (χ0n) is 9.57. The van der Waals surface area contributed by atoms with Crippen LogP contribution in [0.25, 0.3) is 0 Å². The molecule has 0 radical (unpaired) electrons. The van der Waals surface area contributed by atoms with E-state index in [4.69, 9.17) is 9.84 Å². The van der Waals surface area contributed by atoms with Gasteiger partial charge in [0.2, 0.25) is 0 Å². The molecule has 0 fully saturated rings. The van der Waals surface area contributed by atoms with Crippen LogP contribution in [0.15, 0.2) is 0 Å². The molecule has 6 heteroatoms. The molecule has 16 heavy (non-hydrogen) atoms. The summed E-state index contributed by atoms with van der Waals surface area (Å²) in [5.41, 5.74) is 1.61. The van der Waals surface area contributed by atoms with Gasteiger partial charge in [-0.25, -0.2) is 14.8 Å². The number of carbonyl (C=O) groups is 1. The molecule has 0 saturated heterocycles. The maximum absolute atomic E-state index is 10.6. The Balaban J connectivity index is 3.20. The second-order valence-electron chi connectivity index (χ2n) is 3.11. The van der Waals surface area contributed by atoms with E-state index >= 15 is 0 Å². The van der Waals surface area contributed by atoms with Gasteiger partial charge in [-0.3, -0.25) is 5.32 Å². The lowest BCUT2D eigenvalue weighted by atomic mass is 10.2. The van der Waals surface area contributed by atoms with E-state index in [1.165, 1.54) is 7.11 Å². The van der Waals surface area contributed by atoms with Gasteiger partial charge in [0.25, 0.3) is 5.88 Å². The Bertz CT molecular complexity index is 393. The number of nitrogens with one attached hydrogen (secondary N) is 1. The highest BCUT2D eigenvalue weighted by atomic mass is 16.5. The van der Waals surface area contributed by atoms with Gasteiger partial charge in [0, 0.05) is 0 Å². The van der Waals surface area contributed by atoms with Gasteiger partial charge in [-0.15, -0.1) is 0 Å². The normalized spacial score (nSPS) is 9.94. The van der Waals surface area contributed by atoms with Gasteiger partial charge in [-0.05, 0) is 12.8 Å². The van der Waals surface area contributed by atoms with Crippen LogP contribution in [-0.4, -0.2) is 28.3 Å². The molecule has 88 valence electrons. The Kier molecular flexibility index (Phi) is 4.04. The van der Waals surface area contributed by atoms with Crippen LogP contribution in [0.4, 0.5) is 10.6 Å². The highest BCUT2D eigenvalue weighted by molar-refractivity contribution is 5.83. The van der Waals surface area contributed by atoms with E-state index in [1.54, 1.807) is 0 Å². The summed E-state index contributed by atoms with van der Waals surface area (Å²) in [6, 6.07) is 0. The van der Waals surface area contributed by atoms with E-state index in [2.05, 4.69) is 15.3 Å². The molecule has 0 aliphatic carbocycles. The summed E-state index contributed by atoms with van der Waals surface area (Å²) in [7, 11) is 1.43. The number of nitrogens with zero attached hydrogens (tertiary/aromatic N) is 2. The van der Waals surface area contributed by atoms with E-state index in [0.717, 1.165) is 17.8 Å². The average Bonchev–Trinajstić information content (AvgIpc) is 2.27. The Morgan fingerprint density at radius 3 is 2.31 bits per heavy atom. The predicted octanol–water partition coefficient (Wildman–Crippen LogP) is 1.70. The Hall–Kier alpha value is -1.85. The molecule has 1 aromatic rings. The van der Waals surface area contributed by atoms with Crippen LogP contribution in [-0.2, 0) is 12.8 Å². The molecule has 0 aliphatic heterocycles. The second kappa shape index (κ2) is 5.29. The lowest BCUT2D eigenvalue weighted by Crippen LogP contribution is -2.13. The lowest BCUT2D eigenvalue weighted by molar-refractivity contribution is 0.209. The number of ether oxygens (including phenoxy) is 1. The summed E-state index contributed by atoms with van der Waals surface area (Å²) in [6.45, 7) is 3.91. The van der Waals surface area contributed by atoms with Crippen molar-refractivity contribution >= 4 is 11.9 Å². The van der Waals surface area contributed by atoms with Gasteiger partial charge in [0.1, 0.15) is 0 Å². The minimum atomic E-state index is -1.18. The number of rotatable bonds is 4. The first-order valence-electron chi connectivity index (χ1n) is 5.06. The third-order valence-corrected chi connectivity index (χ3v) is 2.11. The number of hydrogen-bond acceptors (Lipinski definition) is 4.